The molecule has 2 aliphatic heterocycles. The monoisotopic (exact) mass is 702 g/mol. The number of phenolic OH excluding ortho intramolecular Hbond substituents is 1. The van der Waals surface area contributed by atoms with Gasteiger partial charge in [-0.05, 0) is 53.1 Å². The normalized spacial score (nSPS) is 18.8. The molecule has 4 amide bonds. The number of likely N-dealkylation sites (N-methyl/N-ethyl adjacent to an activating group) is 1. The number of urea groups is 1. The van der Waals surface area contributed by atoms with Crippen molar-refractivity contribution in [3.8, 4) is 5.75 Å². The smallest absolute Gasteiger partial charge is 0.334 e. The molecule has 2 atom stereocenters. The molecule has 44 heavy (non-hydrogen) atoms. The number of aromatic hydroxyl groups is 1. The molecule has 13 heteroatoms. The molecule has 0 saturated carbocycles. The van der Waals surface area contributed by atoms with Crippen LogP contribution in [-0.4, -0.2) is 89.2 Å². The summed E-state index contributed by atoms with van der Waals surface area (Å²) in [4.78, 5) is 46.6. The Labute approximate surface area is 274 Å². The lowest BCUT2D eigenvalue weighted by Crippen LogP contribution is -2.76. The van der Waals surface area contributed by atoms with Gasteiger partial charge in [0.25, 0.3) is 0 Å². The predicted molar refractivity (Wildman–Crippen MR) is 173 cm³/mol. The highest BCUT2D eigenvalue weighted by Crippen LogP contribution is 2.35. The maximum Gasteiger partial charge on any atom is 0.334 e. The molecule has 2 fully saturated rings. The predicted octanol–water partition coefficient (Wildman–Crippen LogP) is 4.71. The van der Waals surface area contributed by atoms with Gasteiger partial charge in [0.05, 0.1) is 23.8 Å². The molecule has 2 heterocycles. The fourth-order valence-electron chi connectivity index (χ4n) is 5.85. The van der Waals surface area contributed by atoms with Gasteiger partial charge in [0.1, 0.15) is 18.0 Å². The number of carbonyl (C=O) groups is 3. The van der Waals surface area contributed by atoms with Crippen LogP contribution in [0.4, 0.5) is 10.5 Å². The molecule has 2 N–H and O–H groups in total. The summed E-state index contributed by atoms with van der Waals surface area (Å²) in [6.07, 6.45) is -0.577. The lowest BCUT2D eigenvalue weighted by atomic mass is 9.98. The van der Waals surface area contributed by atoms with Gasteiger partial charge >= 0.3 is 6.03 Å². The maximum atomic E-state index is 14.2. The third-order valence-corrected chi connectivity index (χ3v) is 8.76. The van der Waals surface area contributed by atoms with E-state index in [1.165, 1.54) is 9.91 Å². The van der Waals surface area contributed by atoms with E-state index in [4.69, 9.17) is 23.2 Å². The molecule has 10 nitrogen and oxygen atoms in total. The molecular weight excluding hydrogens is 671 g/mol. The summed E-state index contributed by atoms with van der Waals surface area (Å²) in [5, 5.41) is 16.8. The van der Waals surface area contributed by atoms with Crippen molar-refractivity contribution in [1.29, 1.82) is 0 Å². The van der Waals surface area contributed by atoms with Gasteiger partial charge < -0.3 is 25.1 Å². The zero-order chi connectivity index (χ0) is 31.7. The number of phenols is 1. The number of hydrogen-bond donors (Lipinski definition) is 2. The van der Waals surface area contributed by atoms with E-state index >= 15 is 0 Å². The van der Waals surface area contributed by atoms with E-state index in [0.29, 0.717) is 10.0 Å². The molecule has 0 aliphatic carbocycles. The highest BCUT2D eigenvalue weighted by molar-refractivity contribution is 9.10. The van der Waals surface area contributed by atoms with Crippen molar-refractivity contribution in [3.63, 3.8) is 0 Å². The highest BCUT2D eigenvalue weighted by Gasteiger charge is 2.50. The van der Waals surface area contributed by atoms with Gasteiger partial charge in [0.2, 0.25) is 11.8 Å². The second kappa shape index (κ2) is 13.2. The Hall–Kier alpha value is -3.51. The summed E-state index contributed by atoms with van der Waals surface area (Å²) >= 11 is 16.4. The first kappa shape index (κ1) is 31.9. The Morgan fingerprint density at radius 2 is 1.80 bits per heavy atom. The second-order valence-electron chi connectivity index (χ2n) is 11.1. The maximum absolute atomic E-state index is 14.2. The number of nitrogens with zero attached hydrogens (tertiary/aromatic N) is 5. The molecular formula is C31H33BrCl2N6O4. The number of hydrazine groups is 1. The number of rotatable bonds is 7. The Kier molecular flexibility index (Phi) is 9.59. The van der Waals surface area contributed by atoms with E-state index < -0.39 is 18.2 Å². The summed E-state index contributed by atoms with van der Waals surface area (Å²) in [7, 11) is 5.40. The first-order valence-corrected chi connectivity index (χ1v) is 15.5. The van der Waals surface area contributed by atoms with Gasteiger partial charge in [-0.3, -0.25) is 9.59 Å². The number of nitrogens with one attached hydrogen (secondary N) is 1. The van der Waals surface area contributed by atoms with E-state index in [1.54, 1.807) is 53.4 Å². The van der Waals surface area contributed by atoms with Crippen LogP contribution < -0.4 is 10.2 Å². The van der Waals surface area contributed by atoms with E-state index in [0.717, 1.165) is 26.9 Å². The number of anilines is 1. The van der Waals surface area contributed by atoms with Crippen LogP contribution in [-0.2, 0) is 29.1 Å². The van der Waals surface area contributed by atoms with Crippen molar-refractivity contribution in [3.05, 3.63) is 91.9 Å². The molecule has 0 aromatic heterocycles. The number of halogens is 3. The first-order valence-electron chi connectivity index (χ1n) is 14.0. The van der Waals surface area contributed by atoms with E-state index in [-0.39, 0.29) is 50.2 Å². The average Bonchev–Trinajstić information content (AvgIpc) is 2.94. The summed E-state index contributed by atoms with van der Waals surface area (Å²) in [6.45, 7) is 0.432. The Balaban J connectivity index is 1.50. The number of carbonyl (C=O) groups excluding carboxylic acids is 3. The molecule has 5 rings (SSSR count). The minimum atomic E-state index is -0.891. The summed E-state index contributed by atoms with van der Waals surface area (Å²) in [5.41, 5.74) is 3.12. The number of fused-ring (bicyclic) bond motifs is 1. The van der Waals surface area contributed by atoms with Crippen LogP contribution in [0.1, 0.15) is 16.7 Å². The second-order valence-corrected chi connectivity index (χ2v) is 12.9. The van der Waals surface area contributed by atoms with Crippen molar-refractivity contribution in [2.45, 2.75) is 31.7 Å². The van der Waals surface area contributed by atoms with E-state index in [2.05, 4.69) is 21.2 Å². The number of benzene rings is 3. The summed E-state index contributed by atoms with van der Waals surface area (Å²) < 4.78 is 0.896. The Bertz CT molecular complexity index is 1570. The van der Waals surface area contributed by atoms with Crippen LogP contribution >= 0.6 is 39.1 Å². The van der Waals surface area contributed by atoms with Crippen molar-refractivity contribution in [2.75, 3.05) is 39.1 Å². The van der Waals surface area contributed by atoms with Gasteiger partial charge in [-0.2, -0.15) is 0 Å². The van der Waals surface area contributed by atoms with Gasteiger partial charge in [-0.1, -0.05) is 63.4 Å². The highest BCUT2D eigenvalue weighted by atomic mass is 79.9. The molecule has 3 aromatic carbocycles. The van der Waals surface area contributed by atoms with Crippen LogP contribution in [0.15, 0.2) is 65.1 Å². The van der Waals surface area contributed by atoms with Gasteiger partial charge in [-0.25, -0.2) is 14.8 Å². The quantitative estimate of drug-likeness (QED) is 0.370. The molecule has 0 radical (unpaired) electrons. The van der Waals surface area contributed by atoms with Crippen molar-refractivity contribution >= 4 is 62.7 Å². The number of amides is 4. The fourth-order valence-corrected chi connectivity index (χ4v) is 7.01. The van der Waals surface area contributed by atoms with Crippen molar-refractivity contribution in [1.82, 2.24) is 25.1 Å². The van der Waals surface area contributed by atoms with Gasteiger partial charge in [0.15, 0.2) is 0 Å². The molecule has 2 aliphatic rings. The van der Waals surface area contributed by atoms with Gasteiger partial charge in [0, 0.05) is 50.1 Å². The van der Waals surface area contributed by atoms with Crippen molar-refractivity contribution < 1.29 is 19.5 Å². The average molecular weight is 704 g/mol. The summed E-state index contributed by atoms with van der Waals surface area (Å²) in [5.74, 6) is -0.422. The third kappa shape index (κ3) is 6.76. The molecule has 2 saturated heterocycles. The third-order valence-electron chi connectivity index (χ3n) is 7.76. The summed E-state index contributed by atoms with van der Waals surface area (Å²) in [6, 6.07) is 16.3. The lowest BCUT2D eigenvalue weighted by molar-refractivity contribution is -0.187. The van der Waals surface area contributed by atoms with Crippen LogP contribution in [0.3, 0.4) is 0 Å². The van der Waals surface area contributed by atoms with Gasteiger partial charge in [-0.15, -0.1) is 0 Å². The largest absolute Gasteiger partial charge is 0.508 e. The molecule has 0 bridgehead atoms. The minimum absolute atomic E-state index is 0.0717. The molecule has 0 spiro atoms. The number of hydrogen-bond acceptors (Lipinski definition) is 6. The van der Waals surface area contributed by atoms with Crippen molar-refractivity contribution in [2.24, 2.45) is 0 Å². The Morgan fingerprint density at radius 3 is 2.48 bits per heavy atom. The SMILES string of the molecule is CN(C)c1c(Cl)cc(Cl)cc1CN1CC2N(C(=O)CN(C)N2C(=O)NCc2cccc(Br)c2)[C@@H](Cc2ccc(O)cc2)C1=O. The fraction of sp³-hybridized carbons (Fsp3) is 0.323. The molecule has 232 valence electrons. The molecule has 1 unspecified atom stereocenters. The van der Waals surface area contributed by atoms with Crippen LogP contribution in [0, 0.1) is 0 Å². The standard InChI is InChI=1S/C31H33BrCl2N6O4/c1-36(2)29-21(13-23(33)14-25(29)34)16-38-17-27-39(26(30(38)43)12-19-7-9-24(41)10-8-19)28(42)18-37(3)40(27)31(44)35-15-20-5-4-6-22(32)11-20/h4-11,13-14,26-27,41H,12,15-18H2,1-3H3,(H,35,44)/t26-,27?/m0/s1. The van der Waals surface area contributed by atoms with E-state index in [1.807, 2.05) is 43.3 Å². The lowest BCUT2D eigenvalue weighted by Gasteiger charge is -2.54. The zero-order valence-corrected chi connectivity index (χ0v) is 27.6. The number of piperazine rings is 1. The molecule has 3 aromatic rings. The zero-order valence-electron chi connectivity index (χ0n) is 24.5. The first-order chi connectivity index (χ1) is 20.9. The Morgan fingerprint density at radius 1 is 1.07 bits per heavy atom. The minimum Gasteiger partial charge on any atom is -0.508 e. The topological polar surface area (TPSA) is 99.7 Å². The van der Waals surface area contributed by atoms with Crippen LogP contribution in [0.5, 0.6) is 5.75 Å². The van der Waals surface area contributed by atoms with E-state index in [9.17, 15) is 19.5 Å². The van der Waals surface area contributed by atoms with Crippen LogP contribution in [0.25, 0.3) is 0 Å². The van der Waals surface area contributed by atoms with Crippen LogP contribution in [0.2, 0.25) is 10.0 Å².